The number of aromatic nitrogens is 1. The normalized spacial score (nSPS) is 10.7. The highest BCUT2D eigenvalue weighted by molar-refractivity contribution is 9.10. The van der Waals surface area contributed by atoms with Crippen LogP contribution < -0.4 is 11.3 Å². The summed E-state index contributed by atoms with van der Waals surface area (Å²) in [5, 5.41) is 0.988. The van der Waals surface area contributed by atoms with Gasteiger partial charge in [0.05, 0.1) is 0 Å². The smallest absolute Gasteiger partial charge is 0.249 e. The summed E-state index contributed by atoms with van der Waals surface area (Å²) < 4.78 is 0.805. The minimum Gasteiger partial charge on any atom is -0.326 e. The number of H-pyrrole nitrogens is 1. The van der Waals surface area contributed by atoms with E-state index < -0.39 is 0 Å². The second kappa shape index (κ2) is 3.55. The molecule has 0 saturated carbocycles. The van der Waals surface area contributed by atoms with Crippen molar-refractivity contribution in [1.82, 2.24) is 4.98 Å². The van der Waals surface area contributed by atoms with Crippen LogP contribution in [0.5, 0.6) is 0 Å². The van der Waals surface area contributed by atoms with Gasteiger partial charge in [0.1, 0.15) is 0 Å². The average molecular weight is 253 g/mol. The maximum atomic E-state index is 11.2. The predicted octanol–water partition coefficient (Wildman–Crippen LogP) is 1.75. The van der Waals surface area contributed by atoms with Gasteiger partial charge in [0.25, 0.3) is 0 Å². The van der Waals surface area contributed by atoms with E-state index in [1.807, 2.05) is 18.2 Å². The maximum Gasteiger partial charge on any atom is 0.249 e. The zero-order chi connectivity index (χ0) is 10.1. The lowest BCUT2D eigenvalue weighted by atomic mass is 10.1. The molecule has 0 saturated heterocycles. The van der Waals surface area contributed by atoms with Gasteiger partial charge in [-0.3, -0.25) is 4.79 Å². The van der Waals surface area contributed by atoms with Crippen molar-refractivity contribution in [1.29, 1.82) is 0 Å². The number of aromatic amines is 1. The number of benzene rings is 1. The highest BCUT2D eigenvalue weighted by Crippen LogP contribution is 2.20. The van der Waals surface area contributed by atoms with Crippen molar-refractivity contribution in [3.8, 4) is 0 Å². The zero-order valence-corrected chi connectivity index (χ0v) is 8.97. The molecule has 4 heteroatoms. The first-order chi connectivity index (χ1) is 6.70. The van der Waals surface area contributed by atoms with Crippen molar-refractivity contribution in [3.63, 3.8) is 0 Å². The summed E-state index contributed by atoms with van der Waals surface area (Å²) in [6.07, 6.45) is 0. The minimum atomic E-state index is -0.112. The molecule has 14 heavy (non-hydrogen) atoms. The molecule has 0 radical (unpaired) electrons. The summed E-state index contributed by atoms with van der Waals surface area (Å²) >= 11 is 3.34. The van der Waals surface area contributed by atoms with Crippen LogP contribution in [0.3, 0.4) is 0 Å². The molecule has 3 N–H and O–H groups in total. The molecule has 1 heterocycles. The van der Waals surface area contributed by atoms with E-state index in [1.54, 1.807) is 0 Å². The SMILES string of the molecule is NCc1ccc2c(Br)cc(=O)[nH]c2c1. The van der Waals surface area contributed by atoms with Crippen LogP contribution in [0.2, 0.25) is 0 Å². The van der Waals surface area contributed by atoms with Gasteiger partial charge in [0.2, 0.25) is 5.56 Å². The molecule has 3 nitrogen and oxygen atoms in total. The van der Waals surface area contributed by atoms with E-state index in [4.69, 9.17) is 5.73 Å². The van der Waals surface area contributed by atoms with E-state index in [2.05, 4.69) is 20.9 Å². The molecular formula is C10H9BrN2O. The molecule has 0 fully saturated rings. The summed E-state index contributed by atoms with van der Waals surface area (Å²) in [4.78, 5) is 14.0. The predicted molar refractivity (Wildman–Crippen MR) is 60.2 cm³/mol. The Morgan fingerprint density at radius 2 is 2.14 bits per heavy atom. The molecule has 0 atom stereocenters. The fourth-order valence-corrected chi connectivity index (χ4v) is 1.95. The van der Waals surface area contributed by atoms with Gasteiger partial charge in [-0.1, -0.05) is 12.1 Å². The van der Waals surface area contributed by atoms with Gasteiger partial charge < -0.3 is 10.7 Å². The average Bonchev–Trinajstić information content (AvgIpc) is 2.16. The summed E-state index contributed by atoms with van der Waals surface area (Å²) in [5.41, 5.74) is 7.22. The molecule has 72 valence electrons. The van der Waals surface area contributed by atoms with Crippen LogP contribution in [0.1, 0.15) is 5.56 Å². The quantitative estimate of drug-likeness (QED) is 0.813. The lowest BCUT2D eigenvalue weighted by Gasteiger charge is -2.02. The van der Waals surface area contributed by atoms with Gasteiger partial charge in [0.15, 0.2) is 0 Å². The second-order valence-corrected chi connectivity index (χ2v) is 3.92. The summed E-state index contributed by atoms with van der Waals surface area (Å²) in [6.45, 7) is 0.477. The molecule has 0 unspecified atom stereocenters. The van der Waals surface area contributed by atoms with E-state index in [0.29, 0.717) is 6.54 Å². The third-order valence-electron chi connectivity index (χ3n) is 2.09. The third-order valence-corrected chi connectivity index (χ3v) is 2.75. The van der Waals surface area contributed by atoms with Crippen LogP contribution in [-0.4, -0.2) is 4.98 Å². The van der Waals surface area contributed by atoms with E-state index in [1.165, 1.54) is 6.07 Å². The molecular weight excluding hydrogens is 244 g/mol. The van der Waals surface area contributed by atoms with E-state index in [0.717, 1.165) is 20.9 Å². The molecule has 2 rings (SSSR count). The number of fused-ring (bicyclic) bond motifs is 1. The second-order valence-electron chi connectivity index (χ2n) is 3.07. The van der Waals surface area contributed by atoms with Crippen molar-refractivity contribution in [3.05, 3.63) is 44.7 Å². The molecule has 1 aromatic carbocycles. The number of nitrogens with one attached hydrogen (secondary N) is 1. The number of nitrogens with two attached hydrogens (primary N) is 1. The largest absolute Gasteiger partial charge is 0.326 e. The number of rotatable bonds is 1. The Morgan fingerprint density at radius 3 is 2.86 bits per heavy atom. The zero-order valence-electron chi connectivity index (χ0n) is 7.38. The number of hydrogen-bond donors (Lipinski definition) is 2. The first kappa shape index (κ1) is 9.43. The summed E-state index contributed by atoms with van der Waals surface area (Å²) in [7, 11) is 0. The lowest BCUT2D eigenvalue weighted by molar-refractivity contribution is 1.07. The molecule has 1 aromatic heterocycles. The highest BCUT2D eigenvalue weighted by atomic mass is 79.9. The van der Waals surface area contributed by atoms with Crippen LogP contribution in [0.15, 0.2) is 33.5 Å². The van der Waals surface area contributed by atoms with Crippen molar-refractivity contribution < 1.29 is 0 Å². The standard InChI is InChI=1S/C10H9BrN2O/c11-8-4-10(14)13-9-3-6(5-12)1-2-7(8)9/h1-4H,5,12H2,(H,13,14). The minimum absolute atomic E-state index is 0.112. The molecule has 0 bridgehead atoms. The third kappa shape index (κ3) is 1.58. The van der Waals surface area contributed by atoms with Crippen LogP contribution >= 0.6 is 15.9 Å². The summed E-state index contributed by atoms with van der Waals surface area (Å²) in [5.74, 6) is 0. The van der Waals surface area contributed by atoms with E-state index in [-0.39, 0.29) is 5.56 Å². The molecule has 0 aliphatic heterocycles. The van der Waals surface area contributed by atoms with E-state index >= 15 is 0 Å². The number of hydrogen-bond acceptors (Lipinski definition) is 2. The first-order valence-corrected chi connectivity index (χ1v) is 5.01. The number of pyridine rings is 1. The van der Waals surface area contributed by atoms with Gasteiger partial charge in [-0.15, -0.1) is 0 Å². The Bertz CT molecular complexity index is 533. The van der Waals surface area contributed by atoms with Crippen LogP contribution in [0, 0.1) is 0 Å². The topological polar surface area (TPSA) is 58.9 Å². The van der Waals surface area contributed by atoms with Crippen molar-refractivity contribution in [2.75, 3.05) is 0 Å². The molecule has 0 spiro atoms. The fourth-order valence-electron chi connectivity index (χ4n) is 1.39. The van der Waals surface area contributed by atoms with Crippen LogP contribution in [-0.2, 0) is 6.54 Å². The van der Waals surface area contributed by atoms with Crippen molar-refractivity contribution >= 4 is 26.8 Å². The fraction of sp³-hybridized carbons (Fsp3) is 0.100. The molecule has 0 aliphatic carbocycles. The Labute approximate surface area is 89.1 Å². The van der Waals surface area contributed by atoms with Crippen LogP contribution in [0.25, 0.3) is 10.9 Å². The Hall–Kier alpha value is -1.13. The maximum absolute atomic E-state index is 11.2. The molecule has 2 aromatic rings. The van der Waals surface area contributed by atoms with Gasteiger partial charge in [-0.2, -0.15) is 0 Å². The molecule has 0 amide bonds. The molecule has 0 aliphatic rings. The van der Waals surface area contributed by atoms with E-state index in [9.17, 15) is 4.79 Å². The van der Waals surface area contributed by atoms with Gasteiger partial charge in [-0.25, -0.2) is 0 Å². The van der Waals surface area contributed by atoms with Crippen molar-refractivity contribution in [2.45, 2.75) is 6.54 Å². The monoisotopic (exact) mass is 252 g/mol. The highest BCUT2D eigenvalue weighted by Gasteiger charge is 2.00. The van der Waals surface area contributed by atoms with Crippen LogP contribution in [0.4, 0.5) is 0 Å². The van der Waals surface area contributed by atoms with Crippen molar-refractivity contribution in [2.24, 2.45) is 5.73 Å². The Morgan fingerprint density at radius 1 is 1.36 bits per heavy atom. The van der Waals surface area contributed by atoms with Gasteiger partial charge in [0, 0.05) is 28.0 Å². The Balaban J connectivity index is 2.82. The number of halogens is 1. The lowest BCUT2D eigenvalue weighted by Crippen LogP contribution is -2.04. The first-order valence-electron chi connectivity index (χ1n) is 4.22. The summed E-state index contributed by atoms with van der Waals surface area (Å²) in [6, 6.07) is 7.30. The Kier molecular flexibility index (Phi) is 2.39. The van der Waals surface area contributed by atoms with Gasteiger partial charge >= 0.3 is 0 Å². The van der Waals surface area contributed by atoms with Gasteiger partial charge in [-0.05, 0) is 27.6 Å².